The fourth-order valence-electron chi connectivity index (χ4n) is 3.33. The summed E-state index contributed by atoms with van der Waals surface area (Å²) in [7, 11) is 0. The van der Waals surface area contributed by atoms with Crippen LogP contribution in [-0.4, -0.2) is 55.9 Å². The molecule has 128 valence electrons. The van der Waals surface area contributed by atoms with Gasteiger partial charge in [-0.3, -0.25) is 0 Å². The van der Waals surface area contributed by atoms with Crippen molar-refractivity contribution in [3.63, 3.8) is 0 Å². The van der Waals surface area contributed by atoms with Gasteiger partial charge in [-0.15, -0.1) is 11.3 Å². The summed E-state index contributed by atoms with van der Waals surface area (Å²) in [5.41, 5.74) is 1.37. The van der Waals surface area contributed by atoms with E-state index >= 15 is 0 Å². The second-order valence-corrected chi connectivity index (χ2v) is 7.33. The Labute approximate surface area is 143 Å². The van der Waals surface area contributed by atoms with Gasteiger partial charge in [0.2, 0.25) is 0 Å². The Hall–Kier alpha value is -1.84. The number of hydrogen-bond acceptors (Lipinski definition) is 7. The largest absolute Gasteiger partial charge is 0.394 e. The molecule has 0 aromatic carbocycles. The first-order valence-electron chi connectivity index (χ1n) is 8.48. The summed E-state index contributed by atoms with van der Waals surface area (Å²) in [5.74, 6) is 1.29. The van der Waals surface area contributed by atoms with E-state index in [2.05, 4.69) is 32.7 Å². The van der Waals surface area contributed by atoms with Crippen molar-refractivity contribution in [3.8, 4) is 0 Å². The number of likely N-dealkylation sites (N-methyl/N-ethyl adjacent to an activating group) is 1. The molecule has 3 N–H and O–H groups in total. The number of fused-ring (bicyclic) bond motifs is 5. The second-order valence-electron chi connectivity index (χ2n) is 6.25. The number of nitrogens with zero attached hydrogens (tertiary/aromatic N) is 5. The lowest BCUT2D eigenvalue weighted by atomic mass is 10.0. The minimum atomic E-state index is -0.0177. The number of rotatable bonds is 5. The van der Waals surface area contributed by atoms with Crippen LogP contribution in [0.2, 0.25) is 0 Å². The van der Waals surface area contributed by atoms with Crippen LogP contribution < -0.4 is 10.2 Å². The van der Waals surface area contributed by atoms with Crippen LogP contribution in [0, 0.1) is 0 Å². The maximum atomic E-state index is 9.55. The van der Waals surface area contributed by atoms with E-state index in [1.165, 1.54) is 10.4 Å². The lowest BCUT2D eigenvalue weighted by molar-refractivity contribution is -0.913. The van der Waals surface area contributed by atoms with Crippen LogP contribution in [0.25, 0.3) is 16.0 Å². The SMILES string of the molecule is CC[C@H](CO)Nc1nc2nnnn2c2sc3c(c12)CC[NH+](CC)C3. The average Bonchev–Trinajstić information content (AvgIpc) is 3.22. The van der Waals surface area contributed by atoms with E-state index in [0.29, 0.717) is 5.78 Å². The first kappa shape index (κ1) is 15.7. The van der Waals surface area contributed by atoms with E-state index in [0.717, 1.165) is 48.5 Å². The highest BCUT2D eigenvalue weighted by Gasteiger charge is 2.27. The number of aliphatic hydroxyl groups is 1. The molecular formula is C15H22N7OS+. The third-order valence-electron chi connectivity index (χ3n) is 4.86. The van der Waals surface area contributed by atoms with Crippen molar-refractivity contribution in [2.24, 2.45) is 0 Å². The smallest absolute Gasteiger partial charge is 0.276 e. The Morgan fingerprint density at radius 1 is 1.42 bits per heavy atom. The van der Waals surface area contributed by atoms with Crippen molar-refractivity contribution in [2.75, 3.05) is 25.0 Å². The Balaban J connectivity index is 1.91. The minimum absolute atomic E-state index is 0.0177. The van der Waals surface area contributed by atoms with Crippen molar-refractivity contribution in [1.82, 2.24) is 25.0 Å². The van der Waals surface area contributed by atoms with Crippen LogP contribution in [0.3, 0.4) is 0 Å². The molecule has 0 aliphatic carbocycles. The molecule has 24 heavy (non-hydrogen) atoms. The monoisotopic (exact) mass is 348 g/mol. The molecule has 1 aliphatic heterocycles. The molecule has 0 saturated heterocycles. The molecule has 0 spiro atoms. The average molecular weight is 348 g/mol. The van der Waals surface area contributed by atoms with Gasteiger partial charge in [0.15, 0.2) is 0 Å². The normalized spacial score (nSPS) is 18.9. The maximum absolute atomic E-state index is 9.55. The number of thiophene rings is 1. The molecule has 3 aromatic rings. The summed E-state index contributed by atoms with van der Waals surface area (Å²) in [5, 5.41) is 26.0. The molecular weight excluding hydrogens is 326 g/mol. The summed E-state index contributed by atoms with van der Waals surface area (Å²) in [6.45, 7) is 7.68. The molecule has 3 aromatic heterocycles. The number of nitrogens with one attached hydrogen (secondary N) is 2. The number of hydrogen-bond donors (Lipinski definition) is 3. The second kappa shape index (κ2) is 6.23. The lowest BCUT2D eigenvalue weighted by Crippen LogP contribution is -3.11. The Bertz CT molecular complexity index is 870. The minimum Gasteiger partial charge on any atom is -0.394 e. The zero-order chi connectivity index (χ0) is 16.7. The molecule has 0 amide bonds. The Morgan fingerprint density at radius 2 is 2.29 bits per heavy atom. The summed E-state index contributed by atoms with van der Waals surface area (Å²) in [6.07, 6.45) is 1.87. The number of anilines is 1. The third-order valence-corrected chi connectivity index (χ3v) is 6.07. The zero-order valence-electron chi connectivity index (χ0n) is 13.9. The number of tetrazole rings is 1. The van der Waals surface area contributed by atoms with E-state index in [4.69, 9.17) is 0 Å². The molecule has 1 aliphatic rings. The van der Waals surface area contributed by atoms with Gasteiger partial charge in [-0.25, -0.2) is 0 Å². The number of quaternary nitrogens is 1. The van der Waals surface area contributed by atoms with E-state index in [9.17, 15) is 5.11 Å². The number of aromatic nitrogens is 5. The fourth-order valence-corrected chi connectivity index (χ4v) is 4.69. The van der Waals surface area contributed by atoms with Crippen LogP contribution >= 0.6 is 11.3 Å². The highest BCUT2D eigenvalue weighted by atomic mass is 32.1. The summed E-state index contributed by atoms with van der Waals surface area (Å²) >= 11 is 1.77. The molecule has 0 fully saturated rings. The van der Waals surface area contributed by atoms with Gasteiger partial charge in [-0.1, -0.05) is 12.0 Å². The van der Waals surface area contributed by atoms with Crippen molar-refractivity contribution in [2.45, 2.75) is 39.3 Å². The summed E-state index contributed by atoms with van der Waals surface area (Å²) in [6, 6.07) is -0.0177. The highest BCUT2D eigenvalue weighted by molar-refractivity contribution is 7.19. The van der Waals surface area contributed by atoms with Crippen molar-refractivity contribution in [1.29, 1.82) is 0 Å². The van der Waals surface area contributed by atoms with Crippen molar-refractivity contribution >= 4 is 33.1 Å². The number of aliphatic hydroxyl groups excluding tert-OH is 1. The topological polar surface area (TPSA) is 92.7 Å². The van der Waals surface area contributed by atoms with Crippen molar-refractivity contribution < 1.29 is 10.0 Å². The maximum Gasteiger partial charge on any atom is 0.276 e. The predicted molar refractivity (Wildman–Crippen MR) is 92.5 cm³/mol. The van der Waals surface area contributed by atoms with E-state index < -0.39 is 0 Å². The van der Waals surface area contributed by atoms with Crippen LogP contribution in [0.4, 0.5) is 5.82 Å². The molecule has 8 nitrogen and oxygen atoms in total. The molecule has 1 unspecified atom stereocenters. The Kier molecular flexibility index (Phi) is 4.07. The molecule has 4 rings (SSSR count). The van der Waals surface area contributed by atoms with Crippen LogP contribution in [0.5, 0.6) is 0 Å². The van der Waals surface area contributed by atoms with Gasteiger partial charge in [0.25, 0.3) is 5.78 Å². The molecule has 2 atom stereocenters. The quantitative estimate of drug-likeness (QED) is 0.595. The highest BCUT2D eigenvalue weighted by Crippen LogP contribution is 2.36. The zero-order valence-corrected chi connectivity index (χ0v) is 14.7. The van der Waals surface area contributed by atoms with Crippen molar-refractivity contribution in [3.05, 3.63) is 10.4 Å². The summed E-state index contributed by atoms with van der Waals surface area (Å²) in [4.78, 5) is 8.67. The van der Waals surface area contributed by atoms with Gasteiger partial charge in [-0.2, -0.15) is 9.50 Å². The predicted octanol–water partition coefficient (Wildman–Crippen LogP) is -0.122. The van der Waals surface area contributed by atoms with Crippen LogP contribution in [0.15, 0.2) is 0 Å². The Morgan fingerprint density at radius 3 is 3.04 bits per heavy atom. The van der Waals surface area contributed by atoms with Gasteiger partial charge in [0.1, 0.15) is 17.2 Å². The molecule has 0 radical (unpaired) electrons. The standard InChI is InChI=1S/C15H21N7OS/c1-3-9(8-23)16-13-12-10-5-6-21(4-2)7-11(10)24-14(12)22-15(17-13)18-19-20-22/h9,23H,3-8H2,1-2H3,(H,16,17,18,20)/p+1/t9-/m1/s1. The van der Waals surface area contributed by atoms with Crippen LogP contribution in [-0.2, 0) is 13.0 Å². The lowest BCUT2D eigenvalue weighted by Gasteiger charge is -2.23. The first-order chi connectivity index (χ1) is 11.7. The van der Waals surface area contributed by atoms with Gasteiger partial charge in [-0.05, 0) is 29.3 Å². The van der Waals surface area contributed by atoms with Crippen LogP contribution in [0.1, 0.15) is 30.7 Å². The van der Waals surface area contributed by atoms with Gasteiger partial charge >= 0.3 is 0 Å². The van der Waals surface area contributed by atoms with E-state index in [1.54, 1.807) is 20.8 Å². The van der Waals surface area contributed by atoms with Gasteiger partial charge in [0, 0.05) is 6.42 Å². The van der Waals surface area contributed by atoms with E-state index in [1.807, 2.05) is 6.92 Å². The summed E-state index contributed by atoms with van der Waals surface area (Å²) < 4.78 is 1.73. The first-order valence-corrected chi connectivity index (χ1v) is 9.30. The molecule has 0 saturated carbocycles. The molecule has 4 heterocycles. The fraction of sp³-hybridized carbons (Fsp3) is 0.600. The van der Waals surface area contributed by atoms with Gasteiger partial charge < -0.3 is 15.3 Å². The van der Waals surface area contributed by atoms with E-state index in [-0.39, 0.29) is 12.6 Å². The third kappa shape index (κ3) is 2.43. The molecule has 0 bridgehead atoms. The van der Waals surface area contributed by atoms with Gasteiger partial charge in [0.05, 0.1) is 36.0 Å². The molecule has 9 heteroatoms.